The average Bonchev–Trinajstić information content (AvgIpc) is 2.37. The standard InChI is InChI=1S/C16H20O2/c1-4-8-15(18-16(17)13(2)3)12-11-14-9-6-5-7-10-14/h5-7,9-12,15H,2,4,8H2,1,3H3/b12-11+. The number of hydrogen-bond donors (Lipinski definition) is 0. The maximum Gasteiger partial charge on any atom is 0.333 e. The Kier molecular flexibility index (Phi) is 5.92. The van der Waals surface area contributed by atoms with E-state index in [1.807, 2.05) is 42.5 Å². The van der Waals surface area contributed by atoms with Crippen molar-refractivity contribution in [1.82, 2.24) is 0 Å². The first-order valence-electron chi connectivity index (χ1n) is 6.23. The van der Waals surface area contributed by atoms with Gasteiger partial charge in [-0.15, -0.1) is 0 Å². The highest BCUT2D eigenvalue weighted by Crippen LogP contribution is 2.10. The van der Waals surface area contributed by atoms with Crippen LogP contribution in [0.25, 0.3) is 6.08 Å². The van der Waals surface area contributed by atoms with E-state index < -0.39 is 0 Å². The summed E-state index contributed by atoms with van der Waals surface area (Å²) >= 11 is 0. The lowest BCUT2D eigenvalue weighted by Gasteiger charge is -2.13. The first-order valence-corrected chi connectivity index (χ1v) is 6.23. The van der Waals surface area contributed by atoms with Gasteiger partial charge in [0.05, 0.1) is 0 Å². The van der Waals surface area contributed by atoms with Crippen molar-refractivity contribution in [2.75, 3.05) is 0 Å². The summed E-state index contributed by atoms with van der Waals surface area (Å²) in [6.07, 6.45) is 5.51. The molecule has 1 rings (SSSR count). The normalized spacial score (nSPS) is 12.3. The predicted octanol–water partition coefficient (Wildman–Crippen LogP) is 3.99. The second-order valence-electron chi connectivity index (χ2n) is 4.28. The first kappa shape index (κ1) is 14.2. The van der Waals surface area contributed by atoms with Crippen LogP contribution in [-0.2, 0) is 9.53 Å². The van der Waals surface area contributed by atoms with Crippen molar-refractivity contribution >= 4 is 12.0 Å². The van der Waals surface area contributed by atoms with Crippen LogP contribution in [0.3, 0.4) is 0 Å². The van der Waals surface area contributed by atoms with Crippen molar-refractivity contribution in [2.24, 2.45) is 0 Å². The third-order valence-corrected chi connectivity index (χ3v) is 2.48. The van der Waals surface area contributed by atoms with E-state index in [0.29, 0.717) is 5.57 Å². The molecule has 1 unspecified atom stereocenters. The highest BCUT2D eigenvalue weighted by molar-refractivity contribution is 5.87. The van der Waals surface area contributed by atoms with Gasteiger partial charge < -0.3 is 4.74 Å². The molecule has 0 spiro atoms. The molecule has 0 heterocycles. The summed E-state index contributed by atoms with van der Waals surface area (Å²) in [5, 5.41) is 0. The summed E-state index contributed by atoms with van der Waals surface area (Å²) in [6, 6.07) is 9.96. The zero-order valence-corrected chi connectivity index (χ0v) is 11.1. The topological polar surface area (TPSA) is 26.3 Å². The van der Waals surface area contributed by atoms with Crippen LogP contribution in [0.5, 0.6) is 0 Å². The molecule has 0 aromatic heterocycles. The molecule has 0 radical (unpaired) electrons. The Bertz CT molecular complexity index is 418. The summed E-state index contributed by atoms with van der Waals surface area (Å²) in [4.78, 5) is 11.5. The van der Waals surface area contributed by atoms with Gasteiger partial charge in [0.25, 0.3) is 0 Å². The van der Waals surface area contributed by atoms with E-state index in [4.69, 9.17) is 4.74 Å². The highest BCUT2D eigenvalue weighted by Gasteiger charge is 2.10. The van der Waals surface area contributed by atoms with Gasteiger partial charge in [-0.25, -0.2) is 4.79 Å². The molecule has 0 aliphatic carbocycles. The second-order valence-corrected chi connectivity index (χ2v) is 4.28. The number of carbonyl (C=O) groups is 1. The smallest absolute Gasteiger partial charge is 0.333 e. The largest absolute Gasteiger partial charge is 0.455 e. The average molecular weight is 244 g/mol. The highest BCUT2D eigenvalue weighted by atomic mass is 16.5. The van der Waals surface area contributed by atoms with Gasteiger partial charge >= 0.3 is 5.97 Å². The maximum atomic E-state index is 11.5. The molecule has 1 aromatic rings. The van der Waals surface area contributed by atoms with Gasteiger partial charge in [-0.3, -0.25) is 0 Å². The molecular formula is C16H20O2. The molecular weight excluding hydrogens is 224 g/mol. The molecule has 0 aliphatic heterocycles. The van der Waals surface area contributed by atoms with Crippen molar-refractivity contribution in [1.29, 1.82) is 0 Å². The van der Waals surface area contributed by atoms with Crippen LogP contribution in [0, 0.1) is 0 Å². The molecule has 0 aliphatic rings. The van der Waals surface area contributed by atoms with Gasteiger partial charge in [-0.2, -0.15) is 0 Å². The molecule has 1 atom stereocenters. The Hall–Kier alpha value is -1.83. The quantitative estimate of drug-likeness (QED) is 0.558. The lowest BCUT2D eigenvalue weighted by atomic mass is 10.1. The Balaban J connectivity index is 2.65. The summed E-state index contributed by atoms with van der Waals surface area (Å²) in [5.74, 6) is -0.328. The molecule has 2 nitrogen and oxygen atoms in total. The minimum Gasteiger partial charge on any atom is -0.455 e. The van der Waals surface area contributed by atoms with Gasteiger partial charge in [0, 0.05) is 5.57 Å². The molecule has 0 fully saturated rings. The minimum absolute atomic E-state index is 0.181. The van der Waals surface area contributed by atoms with Crippen LogP contribution in [0.4, 0.5) is 0 Å². The molecule has 0 saturated heterocycles. The summed E-state index contributed by atoms with van der Waals surface area (Å²) in [7, 11) is 0. The van der Waals surface area contributed by atoms with E-state index in [0.717, 1.165) is 18.4 Å². The first-order chi connectivity index (χ1) is 8.63. The number of rotatable bonds is 6. The lowest BCUT2D eigenvalue weighted by Crippen LogP contribution is -2.16. The maximum absolute atomic E-state index is 11.5. The van der Waals surface area contributed by atoms with Crippen molar-refractivity contribution in [3.05, 3.63) is 54.1 Å². The number of esters is 1. The Labute approximate surface area is 109 Å². The number of ether oxygens (including phenoxy) is 1. The van der Waals surface area contributed by atoms with Crippen LogP contribution in [0.2, 0.25) is 0 Å². The van der Waals surface area contributed by atoms with Crippen LogP contribution >= 0.6 is 0 Å². The number of hydrogen-bond acceptors (Lipinski definition) is 2. The molecule has 1 aromatic carbocycles. The lowest BCUT2D eigenvalue weighted by molar-refractivity contribution is -0.142. The van der Waals surface area contributed by atoms with Crippen molar-refractivity contribution < 1.29 is 9.53 Å². The van der Waals surface area contributed by atoms with Gasteiger partial charge in [-0.1, -0.05) is 56.3 Å². The number of benzene rings is 1. The fourth-order valence-electron chi connectivity index (χ4n) is 1.50. The van der Waals surface area contributed by atoms with Crippen LogP contribution in [0.15, 0.2) is 48.6 Å². The van der Waals surface area contributed by atoms with Crippen LogP contribution < -0.4 is 0 Å². The van der Waals surface area contributed by atoms with E-state index in [-0.39, 0.29) is 12.1 Å². The summed E-state index contributed by atoms with van der Waals surface area (Å²) in [6.45, 7) is 7.31. The van der Waals surface area contributed by atoms with Crippen molar-refractivity contribution in [2.45, 2.75) is 32.8 Å². The molecule has 2 heteroatoms. The minimum atomic E-state index is -0.328. The fourth-order valence-corrected chi connectivity index (χ4v) is 1.50. The fraction of sp³-hybridized carbons (Fsp3) is 0.312. The predicted molar refractivity (Wildman–Crippen MR) is 75.1 cm³/mol. The Morgan fingerprint density at radius 2 is 2.06 bits per heavy atom. The van der Waals surface area contributed by atoms with E-state index in [9.17, 15) is 4.79 Å². The molecule has 96 valence electrons. The molecule has 18 heavy (non-hydrogen) atoms. The zero-order valence-electron chi connectivity index (χ0n) is 11.1. The van der Waals surface area contributed by atoms with Gasteiger partial charge in [-0.05, 0) is 25.0 Å². The molecule has 0 N–H and O–H groups in total. The van der Waals surface area contributed by atoms with Crippen molar-refractivity contribution in [3.63, 3.8) is 0 Å². The monoisotopic (exact) mass is 244 g/mol. The summed E-state index contributed by atoms with van der Waals surface area (Å²) < 4.78 is 5.35. The third-order valence-electron chi connectivity index (χ3n) is 2.48. The van der Waals surface area contributed by atoms with Crippen molar-refractivity contribution in [3.8, 4) is 0 Å². The van der Waals surface area contributed by atoms with Crippen LogP contribution in [0.1, 0.15) is 32.3 Å². The number of carbonyl (C=O) groups excluding carboxylic acids is 1. The molecule has 0 saturated carbocycles. The zero-order chi connectivity index (χ0) is 13.4. The van der Waals surface area contributed by atoms with Gasteiger partial charge in [0.15, 0.2) is 0 Å². The van der Waals surface area contributed by atoms with E-state index in [2.05, 4.69) is 13.5 Å². The summed E-state index contributed by atoms with van der Waals surface area (Å²) in [5.41, 5.74) is 1.54. The van der Waals surface area contributed by atoms with Crippen LogP contribution in [-0.4, -0.2) is 12.1 Å². The molecule has 0 amide bonds. The molecule has 0 bridgehead atoms. The van der Waals surface area contributed by atoms with Gasteiger partial charge in [0.1, 0.15) is 6.10 Å². The van der Waals surface area contributed by atoms with E-state index in [1.165, 1.54) is 0 Å². The Morgan fingerprint density at radius 3 is 2.61 bits per heavy atom. The third kappa shape index (κ3) is 5.00. The second kappa shape index (κ2) is 7.49. The Morgan fingerprint density at radius 1 is 1.39 bits per heavy atom. The SMILES string of the molecule is C=C(C)C(=O)OC(/C=C/c1ccccc1)CCC. The van der Waals surface area contributed by atoms with E-state index >= 15 is 0 Å². The van der Waals surface area contributed by atoms with Gasteiger partial charge in [0.2, 0.25) is 0 Å². The van der Waals surface area contributed by atoms with E-state index in [1.54, 1.807) is 6.92 Å².